The lowest BCUT2D eigenvalue weighted by atomic mass is 10.0. The topological polar surface area (TPSA) is 67.4 Å². The molecule has 0 heterocycles. The van der Waals surface area contributed by atoms with E-state index in [1.54, 1.807) is 18.2 Å². The molecule has 3 rings (SSSR count). The van der Waals surface area contributed by atoms with Crippen LogP contribution in [0.25, 0.3) is 0 Å². The second-order valence-electron chi connectivity index (χ2n) is 6.59. The molecule has 136 valence electrons. The Bertz CT molecular complexity index is 875. The van der Waals surface area contributed by atoms with Gasteiger partial charge in [0.05, 0.1) is 12.1 Å². The lowest BCUT2D eigenvalue weighted by molar-refractivity contribution is -0.131. The first kappa shape index (κ1) is 18.3. The van der Waals surface area contributed by atoms with Crippen molar-refractivity contribution < 1.29 is 14.3 Å². The molecule has 2 aromatic rings. The van der Waals surface area contributed by atoms with Gasteiger partial charge < -0.3 is 15.4 Å². The average Bonchev–Trinajstić information content (AvgIpc) is 3.41. The van der Waals surface area contributed by atoms with Crippen molar-refractivity contribution in [2.24, 2.45) is 5.41 Å². The van der Waals surface area contributed by atoms with Crippen LogP contribution in [0.15, 0.2) is 36.4 Å². The van der Waals surface area contributed by atoms with Crippen molar-refractivity contribution in [2.45, 2.75) is 26.7 Å². The van der Waals surface area contributed by atoms with E-state index in [0.29, 0.717) is 29.3 Å². The maximum atomic E-state index is 12.7. The minimum absolute atomic E-state index is 0.275. The van der Waals surface area contributed by atoms with Crippen LogP contribution in [0.5, 0.6) is 5.75 Å². The molecule has 2 N–H and O–H groups in total. The molecule has 2 aromatic carbocycles. The lowest BCUT2D eigenvalue weighted by Gasteiger charge is -2.17. The van der Waals surface area contributed by atoms with Gasteiger partial charge in [-0.2, -0.15) is 0 Å². The summed E-state index contributed by atoms with van der Waals surface area (Å²) >= 11 is 6.09. The van der Waals surface area contributed by atoms with Gasteiger partial charge in [-0.15, -0.1) is 0 Å². The molecular formula is C20H21ClN2O3. The first-order chi connectivity index (χ1) is 12.4. The van der Waals surface area contributed by atoms with Gasteiger partial charge in [0.2, 0.25) is 11.8 Å². The minimum Gasteiger partial charge on any atom is -0.495 e. The van der Waals surface area contributed by atoms with E-state index in [0.717, 1.165) is 16.8 Å². The number of anilines is 2. The summed E-state index contributed by atoms with van der Waals surface area (Å²) in [7, 11) is 1.52. The van der Waals surface area contributed by atoms with Crippen LogP contribution in [-0.4, -0.2) is 18.9 Å². The highest BCUT2D eigenvalue weighted by molar-refractivity contribution is 6.32. The van der Waals surface area contributed by atoms with Crippen LogP contribution < -0.4 is 15.4 Å². The summed E-state index contributed by atoms with van der Waals surface area (Å²) in [5.74, 6) is -0.0664. The summed E-state index contributed by atoms with van der Waals surface area (Å²) in [6.45, 7) is 3.93. The van der Waals surface area contributed by atoms with Crippen molar-refractivity contribution in [2.75, 3.05) is 17.7 Å². The zero-order valence-corrected chi connectivity index (χ0v) is 15.7. The number of nitrogens with one attached hydrogen (secondary N) is 2. The largest absolute Gasteiger partial charge is 0.495 e. The van der Waals surface area contributed by atoms with Crippen LogP contribution in [0.2, 0.25) is 5.02 Å². The number of halogens is 1. The number of methoxy groups -OCH3 is 1. The molecule has 26 heavy (non-hydrogen) atoms. The van der Waals surface area contributed by atoms with Crippen LogP contribution in [0, 0.1) is 19.3 Å². The van der Waals surface area contributed by atoms with Crippen molar-refractivity contribution in [3.8, 4) is 5.75 Å². The number of ether oxygens (including phenoxy) is 1. The van der Waals surface area contributed by atoms with Crippen molar-refractivity contribution >= 4 is 34.8 Å². The Balaban J connectivity index is 1.73. The van der Waals surface area contributed by atoms with Gasteiger partial charge in [0.1, 0.15) is 11.2 Å². The van der Waals surface area contributed by atoms with Gasteiger partial charge >= 0.3 is 0 Å². The number of rotatable bonds is 5. The predicted octanol–water partition coefficient (Wildman–Crippen LogP) is 4.32. The molecule has 0 aromatic heterocycles. The van der Waals surface area contributed by atoms with Crippen molar-refractivity contribution in [1.29, 1.82) is 0 Å². The summed E-state index contributed by atoms with van der Waals surface area (Å²) in [5, 5.41) is 6.09. The zero-order valence-electron chi connectivity index (χ0n) is 15.0. The minimum atomic E-state index is -1.03. The number of carbonyl (C=O) groups excluding carboxylic acids is 2. The third-order valence-corrected chi connectivity index (χ3v) is 5.18. The molecule has 0 bridgehead atoms. The quantitative estimate of drug-likeness (QED) is 0.768. The van der Waals surface area contributed by atoms with Gasteiger partial charge in [-0.05, 0) is 62.1 Å². The highest BCUT2D eigenvalue weighted by Gasteiger charge is 2.56. The van der Waals surface area contributed by atoms with Crippen LogP contribution >= 0.6 is 11.6 Å². The molecule has 1 fully saturated rings. The molecule has 5 nitrogen and oxygen atoms in total. The summed E-state index contributed by atoms with van der Waals surface area (Å²) in [4.78, 5) is 25.4. The normalized spacial score (nSPS) is 14.5. The van der Waals surface area contributed by atoms with Crippen molar-refractivity contribution in [3.63, 3.8) is 0 Å². The average molecular weight is 373 g/mol. The molecule has 2 amide bonds. The molecule has 0 aliphatic heterocycles. The first-order valence-electron chi connectivity index (χ1n) is 8.40. The summed E-state index contributed by atoms with van der Waals surface area (Å²) in [6, 6.07) is 10.7. The molecule has 0 atom stereocenters. The van der Waals surface area contributed by atoms with E-state index in [1.165, 1.54) is 7.11 Å². The van der Waals surface area contributed by atoms with Gasteiger partial charge in [0.15, 0.2) is 0 Å². The van der Waals surface area contributed by atoms with Crippen LogP contribution in [0.4, 0.5) is 11.4 Å². The van der Waals surface area contributed by atoms with Crippen LogP contribution in [0.1, 0.15) is 24.0 Å². The zero-order chi connectivity index (χ0) is 18.9. The monoisotopic (exact) mass is 372 g/mol. The molecule has 0 unspecified atom stereocenters. The Morgan fingerprint density at radius 3 is 2.38 bits per heavy atom. The molecule has 0 radical (unpaired) electrons. The third kappa shape index (κ3) is 3.40. The number of amides is 2. The maximum Gasteiger partial charge on any atom is 0.240 e. The summed E-state index contributed by atoms with van der Waals surface area (Å²) < 4.78 is 5.10. The van der Waals surface area contributed by atoms with E-state index >= 15 is 0 Å². The van der Waals surface area contributed by atoms with Crippen LogP contribution in [-0.2, 0) is 9.59 Å². The van der Waals surface area contributed by atoms with E-state index in [2.05, 4.69) is 10.6 Å². The number of hydrogen-bond acceptors (Lipinski definition) is 3. The van der Waals surface area contributed by atoms with Crippen molar-refractivity contribution in [3.05, 3.63) is 52.5 Å². The van der Waals surface area contributed by atoms with E-state index in [-0.39, 0.29) is 11.8 Å². The smallest absolute Gasteiger partial charge is 0.240 e. The van der Waals surface area contributed by atoms with Gasteiger partial charge in [-0.25, -0.2) is 0 Å². The predicted molar refractivity (Wildman–Crippen MR) is 103 cm³/mol. The number of benzene rings is 2. The van der Waals surface area contributed by atoms with Crippen molar-refractivity contribution in [1.82, 2.24) is 0 Å². The molecule has 1 saturated carbocycles. The number of hydrogen-bond donors (Lipinski definition) is 2. The fourth-order valence-electron chi connectivity index (χ4n) is 2.81. The number of aryl methyl sites for hydroxylation is 1. The molecular weight excluding hydrogens is 352 g/mol. The fraction of sp³-hybridized carbons (Fsp3) is 0.300. The van der Waals surface area contributed by atoms with E-state index < -0.39 is 5.41 Å². The first-order valence-corrected chi connectivity index (χ1v) is 8.78. The standard InChI is InChI=1S/C20H21ClN2O3/c1-12-5-4-6-16(13(12)2)23-19(25)20(9-10-20)18(24)22-14-7-8-17(26-3)15(21)11-14/h4-8,11H,9-10H2,1-3H3,(H,22,24)(H,23,25). The molecule has 0 spiro atoms. The fourth-order valence-corrected chi connectivity index (χ4v) is 3.06. The Labute approximate surface area is 157 Å². The van der Waals surface area contributed by atoms with E-state index in [1.807, 2.05) is 32.0 Å². The molecule has 0 saturated heterocycles. The Hall–Kier alpha value is -2.53. The SMILES string of the molecule is COc1ccc(NC(=O)C2(C(=O)Nc3cccc(C)c3C)CC2)cc1Cl. The molecule has 1 aliphatic rings. The lowest BCUT2D eigenvalue weighted by Crippen LogP contribution is -2.35. The number of carbonyl (C=O) groups is 2. The highest BCUT2D eigenvalue weighted by Crippen LogP contribution is 2.47. The summed E-state index contributed by atoms with van der Waals surface area (Å²) in [5.41, 5.74) is 2.33. The van der Waals surface area contributed by atoms with Gasteiger partial charge in [0, 0.05) is 11.4 Å². The third-order valence-electron chi connectivity index (χ3n) is 4.88. The molecule has 6 heteroatoms. The van der Waals surface area contributed by atoms with E-state index in [9.17, 15) is 9.59 Å². The van der Waals surface area contributed by atoms with Gasteiger partial charge in [-0.3, -0.25) is 9.59 Å². The highest BCUT2D eigenvalue weighted by atomic mass is 35.5. The second-order valence-corrected chi connectivity index (χ2v) is 6.99. The second kappa shape index (κ2) is 7.00. The van der Waals surface area contributed by atoms with Gasteiger partial charge in [0.25, 0.3) is 0 Å². The van der Waals surface area contributed by atoms with Crippen LogP contribution in [0.3, 0.4) is 0 Å². The Kier molecular flexibility index (Phi) is 4.92. The van der Waals surface area contributed by atoms with Gasteiger partial charge in [-0.1, -0.05) is 23.7 Å². The molecule has 1 aliphatic carbocycles. The summed E-state index contributed by atoms with van der Waals surface area (Å²) in [6.07, 6.45) is 1.05. The Morgan fingerprint density at radius 2 is 1.77 bits per heavy atom. The Morgan fingerprint density at radius 1 is 1.08 bits per heavy atom. The van der Waals surface area contributed by atoms with E-state index in [4.69, 9.17) is 16.3 Å². The maximum absolute atomic E-state index is 12.7.